The molecule has 0 atom stereocenters. The predicted octanol–water partition coefficient (Wildman–Crippen LogP) is 2.51. The fourth-order valence-electron chi connectivity index (χ4n) is 2.78. The molecule has 1 aromatic carbocycles. The molecule has 0 aliphatic carbocycles. The molecule has 1 aliphatic rings. The first-order valence-corrected chi connectivity index (χ1v) is 9.05. The Morgan fingerprint density at radius 3 is 2.58 bits per heavy atom. The topological polar surface area (TPSA) is 68.1 Å². The summed E-state index contributed by atoms with van der Waals surface area (Å²) in [5.74, 6) is 1.33. The molecule has 0 N–H and O–H groups in total. The van der Waals surface area contributed by atoms with Gasteiger partial charge in [0, 0.05) is 37.2 Å². The molecule has 24 heavy (non-hydrogen) atoms. The number of carbonyl (C=O) groups excluding carboxylic acids is 2. The minimum Gasteiger partial charge on any atom is -0.302 e. The number of nitrogens with zero attached hydrogens (tertiary/aromatic N) is 4. The molecule has 1 aromatic heterocycles. The highest BCUT2D eigenvalue weighted by Crippen LogP contribution is 2.25. The molecule has 2 heterocycles. The van der Waals surface area contributed by atoms with Gasteiger partial charge in [-0.05, 0) is 19.9 Å². The minimum atomic E-state index is -0.0713. The monoisotopic (exact) mass is 344 g/mol. The van der Waals surface area contributed by atoms with Gasteiger partial charge in [0.2, 0.25) is 11.8 Å². The van der Waals surface area contributed by atoms with Crippen molar-refractivity contribution in [1.82, 2.24) is 19.7 Å². The van der Waals surface area contributed by atoms with E-state index in [1.54, 1.807) is 0 Å². The Hall–Kier alpha value is -2.15. The average Bonchev–Trinajstić information content (AvgIpc) is 3.12. The standard InChI is InChI=1S/C17H20N4O2S/c1-3-20-16(13-6-4-5-12(2)11-13)18-19-17(20)24-10-9-21-14(22)7-8-15(21)23/h4-6,11H,3,7-10H2,1-2H3. The van der Waals surface area contributed by atoms with Gasteiger partial charge >= 0.3 is 0 Å². The summed E-state index contributed by atoms with van der Waals surface area (Å²) < 4.78 is 2.06. The Kier molecular flexibility index (Phi) is 4.99. The quantitative estimate of drug-likeness (QED) is 0.595. The molecule has 0 bridgehead atoms. The third-order valence-electron chi connectivity index (χ3n) is 4.01. The molecule has 1 fully saturated rings. The van der Waals surface area contributed by atoms with Crippen LogP contribution < -0.4 is 0 Å². The van der Waals surface area contributed by atoms with Gasteiger partial charge in [-0.15, -0.1) is 10.2 Å². The first kappa shape index (κ1) is 16.7. The molecule has 2 amide bonds. The van der Waals surface area contributed by atoms with Crippen molar-refractivity contribution < 1.29 is 9.59 Å². The van der Waals surface area contributed by atoms with Crippen LogP contribution in [0.3, 0.4) is 0 Å². The largest absolute Gasteiger partial charge is 0.302 e. The van der Waals surface area contributed by atoms with Crippen LogP contribution in [0.15, 0.2) is 29.4 Å². The summed E-state index contributed by atoms with van der Waals surface area (Å²) in [6.07, 6.45) is 0.679. The maximum atomic E-state index is 11.6. The van der Waals surface area contributed by atoms with Crippen LogP contribution in [0, 0.1) is 6.92 Å². The number of carbonyl (C=O) groups is 2. The van der Waals surface area contributed by atoms with Gasteiger partial charge in [0.1, 0.15) is 0 Å². The van der Waals surface area contributed by atoms with Crippen LogP contribution in [0.1, 0.15) is 25.3 Å². The van der Waals surface area contributed by atoms with Gasteiger partial charge in [0.15, 0.2) is 11.0 Å². The third kappa shape index (κ3) is 3.36. The first-order chi connectivity index (χ1) is 11.6. The van der Waals surface area contributed by atoms with Gasteiger partial charge < -0.3 is 4.57 Å². The number of imide groups is 1. The summed E-state index contributed by atoms with van der Waals surface area (Å²) in [7, 11) is 0. The van der Waals surface area contributed by atoms with Crippen molar-refractivity contribution >= 4 is 23.6 Å². The maximum Gasteiger partial charge on any atom is 0.229 e. The van der Waals surface area contributed by atoms with Gasteiger partial charge in [-0.3, -0.25) is 14.5 Å². The Balaban J connectivity index is 1.70. The SMILES string of the molecule is CCn1c(SCCN2C(=O)CCC2=O)nnc1-c1cccc(C)c1. The lowest BCUT2D eigenvalue weighted by atomic mass is 10.1. The summed E-state index contributed by atoms with van der Waals surface area (Å²) >= 11 is 1.53. The number of amides is 2. The lowest BCUT2D eigenvalue weighted by Gasteiger charge is -2.13. The van der Waals surface area contributed by atoms with Crippen molar-refractivity contribution in [2.75, 3.05) is 12.3 Å². The fourth-order valence-corrected chi connectivity index (χ4v) is 3.71. The first-order valence-electron chi connectivity index (χ1n) is 8.06. The van der Waals surface area contributed by atoms with Crippen LogP contribution >= 0.6 is 11.8 Å². The molecule has 6 nitrogen and oxygen atoms in total. The molecule has 0 spiro atoms. The summed E-state index contributed by atoms with van der Waals surface area (Å²) in [6.45, 7) is 5.30. The number of aryl methyl sites for hydroxylation is 1. The lowest BCUT2D eigenvalue weighted by molar-refractivity contribution is -0.137. The van der Waals surface area contributed by atoms with Crippen molar-refractivity contribution in [3.63, 3.8) is 0 Å². The third-order valence-corrected chi connectivity index (χ3v) is 4.96. The van der Waals surface area contributed by atoms with E-state index in [9.17, 15) is 9.59 Å². The number of likely N-dealkylation sites (tertiary alicyclic amines) is 1. The second-order valence-corrected chi connectivity index (χ2v) is 6.77. The van der Waals surface area contributed by atoms with Crippen molar-refractivity contribution in [3.05, 3.63) is 29.8 Å². The van der Waals surface area contributed by atoms with Crippen LogP contribution in [0.2, 0.25) is 0 Å². The number of benzene rings is 1. The second kappa shape index (κ2) is 7.17. The number of hydrogen-bond donors (Lipinski definition) is 0. The Morgan fingerprint density at radius 2 is 1.92 bits per heavy atom. The molecule has 7 heteroatoms. The van der Waals surface area contributed by atoms with Crippen molar-refractivity contribution in [2.45, 2.75) is 38.4 Å². The van der Waals surface area contributed by atoms with E-state index in [2.05, 4.69) is 40.7 Å². The summed E-state index contributed by atoms with van der Waals surface area (Å²) in [5, 5.41) is 9.42. The van der Waals surface area contributed by atoms with E-state index in [-0.39, 0.29) is 11.8 Å². The maximum absolute atomic E-state index is 11.6. The van der Waals surface area contributed by atoms with Gasteiger partial charge in [0.05, 0.1) is 0 Å². The molecule has 2 aromatic rings. The molecular weight excluding hydrogens is 324 g/mol. The number of aromatic nitrogens is 3. The van der Waals surface area contributed by atoms with Gasteiger partial charge in [-0.1, -0.05) is 35.5 Å². The van der Waals surface area contributed by atoms with Crippen molar-refractivity contribution in [2.24, 2.45) is 0 Å². The molecule has 0 unspecified atom stereocenters. The van der Waals surface area contributed by atoms with E-state index < -0.39 is 0 Å². The van der Waals surface area contributed by atoms with Crippen LogP contribution in [-0.4, -0.2) is 43.8 Å². The summed E-state index contributed by atoms with van der Waals surface area (Å²) in [5.41, 5.74) is 2.22. The van der Waals surface area contributed by atoms with Crippen molar-refractivity contribution in [3.8, 4) is 11.4 Å². The second-order valence-electron chi connectivity index (χ2n) is 5.71. The molecule has 126 valence electrons. The summed E-state index contributed by atoms with van der Waals surface area (Å²) in [4.78, 5) is 24.6. The Morgan fingerprint density at radius 1 is 1.17 bits per heavy atom. The summed E-state index contributed by atoms with van der Waals surface area (Å²) in [6, 6.07) is 8.18. The van der Waals surface area contributed by atoms with E-state index >= 15 is 0 Å². The Labute approximate surface area is 145 Å². The van der Waals surface area contributed by atoms with E-state index in [1.807, 2.05) is 12.1 Å². The fraction of sp³-hybridized carbons (Fsp3) is 0.412. The molecule has 1 aliphatic heterocycles. The highest BCUT2D eigenvalue weighted by Gasteiger charge is 2.28. The molecule has 0 radical (unpaired) electrons. The van der Waals surface area contributed by atoms with E-state index in [1.165, 1.54) is 22.2 Å². The predicted molar refractivity (Wildman–Crippen MR) is 92.5 cm³/mol. The number of hydrogen-bond acceptors (Lipinski definition) is 5. The van der Waals surface area contributed by atoms with Gasteiger partial charge in [0.25, 0.3) is 0 Å². The smallest absolute Gasteiger partial charge is 0.229 e. The zero-order chi connectivity index (χ0) is 17.1. The normalized spacial score (nSPS) is 14.7. The van der Waals surface area contributed by atoms with Crippen LogP contribution in [0.4, 0.5) is 0 Å². The minimum absolute atomic E-state index is 0.0713. The highest BCUT2D eigenvalue weighted by atomic mass is 32.2. The molecule has 3 rings (SSSR count). The van der Waals surface area contributed by atoms with Crippen LogP contribution in [0.25, 0.3) is 11.4 Å². The Bertz CT molecular complexity index is 756. The average molecular weight is 344 g/mol. The van der Waals surface area contributed by atoms with Gasteiger partial charge in [-0.25, -0.2) is 0 Å². The highest BCUT2D eigenvalue weighted by molar-refractivity contribution is 7.99. The van der Waals surface area contributed by atoms with E-state index in [0.29, 0.717) is 25.1 Å². The van der Waals surface area contributed by atoms with Gasteiger partial charge in [-0.2, -0.15) is 0 Å². The van der Waals surface area contributed by atoms with E-state index in [0.717, 1.165) is 23.1 Å². The van der Waals surface area contributed by atoms with Crippen molar-refractivity contribution in [1.29, 1.82) is 0 Å². The number of rotatable bonds is 6. The van der Waals surface area contributed by atoms with E-state index in [4.69, 9.17) is 0 Å². The molecule has 1 saturated heterocycles. The van der Waals surface area contributed by atoms with Crippen LogP contribution in [-0.2, 0) is 16.1 Å². The molecular formula is C17H20N4O2S. The lowest BCUT2D eigenvalue weighted by Crippen LogP contribution is -2.31. The van der Waals surface area contributed by atoms with Crippen LogP contribution in [0.5, 0.6) is 0 Å². The zero-order valence-electron chi connectivity index (χ0n) is 13.9. The number of thioether (sulfide) groups is 1. The molecule has 0 saturated carbocycles. The zero-order valence-corrected chi connectivity index (χ0v) is 14.7.